The number of aliphatic hydroxyl groups is 2. The van der Waals surface area contributed by atoms with Crippen molar-refractivity contribution in [3.8, 4) is 0 Å². The van der Waals surface area contributed by atoms with Gasteiger partial charge < -0.3 is 20.1 Å². The van der Waals surface area contributed by atoms with Crippen molar-refractivity contribution in [2.75, 3.05) is 6.61 Å². The Bertz CT molecular complexity index is 203. The van der Waals surface area contributed by atoms with Gasteiger partial charge in [0.15, 0.2) is 5.60 Å². The highest BCUT2D eigenvalue weighted by molar-refractivity contribution is 5.75. The number of carbonyl (C=O) groups is 2. The van der Waals surface area contributed by atoms with Gasteiger partial charge >= 0.3 is 11.9 Å². The zero-order valence-electron chi connectivity index (χ0n) is 9.35. The van der Waals surface area contributed by atoms with E-state index in [4.69, 9.17) is 15.3 Å². The standard InChI is InChI=1S/C5H10O3.C4H8O3/c1-3-8-5(7)4(2)6;1-4(2,7)3(5)6/h4,6H,3H2,1-2H3;7H,1-2H3,(H,5,6). The Labute approximate surface area is 88.5 Å². The van der Waals surface area contributed by atoms with E-state index in [0.717, 1.165) is 0 Å². The SMILES string of the molecule is CC(C)(O)C(=O)O.CCOC(=O)C(C)O. The Kier molecular flexibility index (Phi) is 7.81. The minimum Gasteiger partial charge on any atom is -0.479 e. The van der Waals surface area contributed by atoms with Gasteiger partial charge in [0.2, 0.25) is 0 Å². The molecule has 0 heterocycles. The van der Waals surface area contributed by atoms with Crippen molar-refractivity contribution in [1.29, 1.82) is 0 Å². The lowest BCUT2D eigenvalue weighted by molar-refractivity contribution is -0.154. The van der Waals surface area contributed by atoms with Gasteiger partial charge in [-0.3, -0.25) is 0 Å². The third kappa shape index (κ3) is 10.8. The molecule has 90 valence electrons. The molecule has 0 aromatic heterocycles. The fraction of sp³-hybridized carbons (Fsp3) is 0.778. The van der Waals surface area contributed by atoms with E-state index in [2.05, 4.69) is 4.74 Å². The van der Waals surface area contributed by atoms with Crippen molar-refractivity contribution in [2.24, 2.45) is 0 Å². The number of carbonyl (C=O) groups excluding carboxylic acids is 1. The Morgan fingerprint density at radius 2 is 1.73 bits per heavy atom. The van der Waals surface area contributed by atoms with Gasteiger partial charge in [-0.15, -0.1) is 0 Å². The fourth-order valence-corrected chi connectivity index (χ4v) is 0.263. The van der Waals surface area contributed by atoms with Gasteiger partial charge in [-0.1, -0.05) is 0 Å². The number of carboxylic acid groups (broad SMARTS) is 1. The van der Waals surface area contributed by atoms with E-state index in [0.29, 0.717) is 6.61 Å². The fourth-order valence-electron chi connectivity index (χ4n) is 0.263. The first kappa shape index (κ1) is 16.3. The summed E-state index contributed by atoms with van der Waals surface area (Å²) in [6, 6.07) is 0. The van der Waals surface area contributed by atoms with E-state index in [1.807, 2.05) is 0 Å². The van der Waals surface area contributed by atoms with Gasteiger partial charge in [0.1, 0.15) is 6.10 Å². The summed E-state index contributed by atoms with van der Waals surface area (Å²) in [5.74, 6) is -1.76. The predicted octanol–water partition coefficient (Wildman–Crippen LogP) is -0.228. The van der Waals surface area contributed by atoms with Crippen molar-refractivity contribution in [1.82, 2.24) is 0 Å². The highest BCUT2D eigenvalue weighted by Crippen LogP contribution is 1.97. The van der Waals surface area contributed by atoms with Gasteiger partial charge in [0.25, 0.3) is 0 Å². The summed E-state index contributed by atoms with van der Waals surface area (Å²) in [6.45, 7) is 5.83. The van der Waals surface area contributed by atoms with E-state index in [-0.39, 0.29) is 0 Å². The smallest absolute Gasteiger partial charge is 0.335 e. The summed E-state index contributed by atoms with van der Waals surface area (Å²) in [7, 11) is 0. The molecule has 0 aliphatic carbocycles. The molecule has 0 rings (SSSR count). The first-order chi connectivity index (χ1) is 6.62. The lowest BCUT2D eigenvalue weighted by Crippen LogP contribution is -2.30. The van der Waals surface area contributed by atoms with Gasteiger partial charge in [0, 0.05) is 0 Å². The summed E-state index contributed by atoms with van der Waals surface area (Å²) in [5.41, 5.74) is -1.58. The molecule has 0 fully saturated rings. The number of aliphatic carboxylic acids is 1. The van der Waals surface area contributed by atoms with Gasteiger partial charge in [0.05, 0.1) is 6.61 Å². The number of hydrogen-bond donors (Lipinski definition) is 3. The number of hydrogen-bond acceptors (Lipinski definition) is 5. The average molecular weight is 222 g/mol. The molecule has 0 saturated heterocycles. The van der Waals surface area contributed by atoms with Crippen molar-refractivity contribution in [2.45, 2.75) is 39.4 Å². The molecule has 15 heavy (non-hydrogen) atoms. The van der Waals surface area contributed by atoms with Crippen LogP contribution in [-0.2, 0) is 14.3 Å². The van der Waals surface area contributed by atoms with Crippen LogP contribution in [0.4, 0.5) is 0 Å². The minimum absolute atomic E-state index is 0.323. The summed E-state index contributed by atoms with van der Waals surface area (Å²) in [4.78, 5) is 20.0. The van der Waals surface area contributed by atoms with Crippen LogP contribution in [0, 0.1) is 0 Å². The number of esters is 1. The van der Waals surface area contributed by atoms with Gasteiger partial charge in [-0.2, -0.15) is 0 Å². The van der Waals surface area contributed by atoms with E-state index in [1.165, 1.54) is 20.8 Å². The minimum atomic E-state index is -1.58. The second-order valence-corrected chi connectivity index (χ2v) is 3.29. The number of ether oxygens (including phenoxy) is 1. The Hall–Kier alpha value is -1.14. The van der Waals surface area contributed by atoms with Crippen LogP contribution in [0.3, 0.4) is 0 Å². The van der Waals surface area contributed by atoms with Gasteiger partial charge in [-0.25, -0.2) is 9.59 Å². The molecular weight excluding hydrogens is 204 g/mol. The number of aliphatic hydroxyl groups excluding tert-OH is 1. The van der Waals surface area contributed by atoms with E-state index in [1.54, 1.807) is 6.92 Å². The third-order valence-electron chi connectivity index (χ3n) is 1.15. The Balaban J connectivity index is 0. The Morgan fingerprint density at radius 3 is 1.80 bits per heavy atom. The monoisotopic (exact) mass is 222 g/mol. The summed E-state index contributed by atoms with van der Waals surface area (Å²) >= 11 is 0. The topological polar surface area (TPSA) is 104 Å². The lowest BCUT2D eigenvalue weighted by Gasteiger charge is -2.07. The molecule has 1 unspecified atom stereocenters. The summed E-state index contributed by atoms with van der Waals surface area (Å²) in [5, 5.41) is 25.0. The second kappa shape index (κ2) is 7.19. The first-order valence-corrected chi connectivity index (χ1v) is 4.43. The molecule has 0 aliphatic rings. The molecule has 0 radical (unpaired) electrons. The van der Waals surface area contributed by atoms with Crippen molar-refractivity contribution in [3.05, 3.63) is 0 Å². The third-order valence-corrected chi connectivity index (χ3v) is 1.15. The maximum Gasteiger partial charge on any atom is 0.335 e. The van der Waals surface area contributed by atoms with Crippen LogP contribution < -0.4 is 0 Å². The van der Waals surface area contributed by atoms with Crippen molar-refractivity contribution in [3.63, 3.8) is 0 Å². The maximum atomic E-state index is 10.3. The first-order valence-electron chi connectivity index (χ1n) is 4.43. The highest BCUT2D eigenvalue weighted by Gasteiger charge is 2.21. The molecule has 0 aromatic carbocycles. The van der Waals surface area contributed by atoms with Crippen LogP contribution >= 0.6 is 0 Å². The van der Waals surface area contributed by atoms with E-state index in [9.17, 15) is 9.59 Å². The molecule has 1 atom stereocenters. The van der Waals surface area contributed by atoms with Crippen LogP contribution in [0.2, 0.25) is 0 Å². The molecule has 0 amide bonds. The molecule has 0 saturated carbocycles. The highest BCUT2D eigenvalue weighted by atomic mass is 16.5. The molecule has 0 bridgehead atoms. The van der Waals surface area contributed by atoms with Crippen LogP contribution in [0.15, 0.2) is 0 Å². The van der Waals surface area contributed by atoms with Crippen LogP contribution in [0.25, 0.3) is 0 Å². The predicted molar refractivity (Wildman–Crippen MR) is 52.2 cm³/mol. The van der Waals surface area contributed by atoms with Crippen LogP contribution in [-0.4, -0.2) is 45.6 Å². The van der Waals surface area contributed by atoms with Crippen molar-refractivity contribution < 1.29 is 29.6 Å². The molecular formula is C9H18O6. The second-order valence-electron chi connectivity index (χ2n) is 3.29. The largest absolute Gasteiger partial charge is 0.479 e. The number of carboxylic acids is 1. The van der Waals surface area contributed by atoms with Crippen LogP contribution in [0.5, 0.6) is 0 Å². The lowest BCUT2D eigenvalue weighted by atomic mass is 10.1. The molecule has 3 N–H and O–H groups in total. The molecule has 6 nitrogen and oxygen atoms in total. The zero-order chi connectivity index (χ0) is 12.6. The number of rotatable bonds is 3. The molecule has 0 aromatic rings. The normalized spacial score (nSPS) is 12.1. The van der Waals surface area contributed by atoms with Gasteiger partial charge in [-0.05, 0) is 27.7 Å². The van der Waals surface area contributed by atoms with Crippen LogP contribution in [0.1, 0.15) is 27.7 Å². The average Bonchev–Trinajstić information content (AvgIpc) is 2.03. The Morgan fingerprint density at radius 1 is 1.40 bits per heavy atom. The summed E-state index contributed by atoms with van der Waals surface area (Å²) < 4.78 is 4.41. The quantitative estimate of drug-likeness (QED) is 0.570. The maximum absolute atomic E-state index is 10.3. The van der Waals surface area contributed by atoms with E-state index >= 15 is 0 Å². The zero-order valence-corrected chi connectivity index (χ0v) is 9.35. The van der Waals surface area contributed by atoms with Crippen molar-refractivity contribution >= 4 is 11.9 Å². The molecule has 0 aliphatic heterocycles. The molecule has 0 spiro atoms. The summed E-state index contributed by atoms with van der Waals surface area (Å²) in [6.07, 6.45) is -0.991. The molecule has 6 heteroatoms. The van der Waals surface area contributed by atoms with E-state index < -0.39 is 23.6 Å².